The van der Waals surface area contributed by atoms with Crippen molar-refractivity contribution < 1.29 is 17.9 Å². The Morgan fingerprint density at radius 3 is 2.53 bits per heavy atom. The predicted molar refractivity (Wildman–Crippen MR) is 74.0 cm³/mol. The summed E-state index contributed by atoms with van der Waals surface area (Å²) < 4.78 is 43.7. The third-order valence-corrected chi connectivity index (χ3v) is 3.35. The molecular weight excluding hydrogens is 273 g/mol. The molecule has 0 aliphatic rings. The van der Waals surface area contributed by atoms with Crippen LogP contribution in [0.1, 0.15) is 31.4 Å². The molecule has 1 nitrogen and oxygen atoms in total. The average Bonchev–Trinajstić information content (AvgIpc) is 2.35. The number of halogens is 3. The third kappa shape index (κ3) is 4.97. The van der Waals surface area contributed by atoms with Gasteiger partial charge >= 0.3 is 6.18 Å². The minimum atomic E-state index is -4.32. The Bertz CT molecular complexity index is 404. The molecule has 1 atom stereocenters. The summed E-state index contributed by atoms with van der Waals surface area (Å²) in [5.41, 5.74) is -0.0254. The SMILES string of the molecule is CCCOc1ccc(C(F)(F)F)cc1CC(C)CS. The standard InChI is InChI=1S/C14H19F3OS/c1-3-6-18-13-5-4-12(14(15,16)17)8-11(13)7-10(2)9-19/h4-5,8,10,19H,3,6-7,9H2,1-2H3. The minimum Gasteiger partial charge on any atom is -0.493 e. The van der Waals surface area contributed by atoms with Crippen LogP contribution in [0, 0.1) is 5.92 Å². The van der Waals surface area contributed by atoms with Gasteiger partial charge in [0.2, 0.25) is 0 Å². The molecule has 19 heavy (non-hydrogen) atoms. The van der Waals surface area contributed by atoms with Gasteiger partial charge < -0.3 is 4.74 Å². The van der Waals surface area contributed by atoms with Crippen LogP contribution in [0.3, 0.4) is 0 Å². The number of benzene rings is 1. The Labute approximate surface area is 117 Å². The van der Waals surface area contributed by atoms with Gasteiger partial charge in [-0.05, 0) is 48.3 Å². The second-order valence-electron chi connectivity index (χ2n) is 4.66. The topological polar surface area (TPSA) is 9.23 Å². The second kappa shape index (κ2) is 7.08. The Morgan fingerprint density at radius 1 is 1.32 bits per heavy atom. The number of hydrogen-bond acceptors (Lipinski definition) is 2. The maximum Gasteiger partial charge on any atom is 0.416 e. The first kappa shape index (κ1) is 16.2. The highest BCUT2D eigenvalue weighted by molar-refractivity contribution is 7.80. The lowest BCUT2D eigenvalue weighted by molar-refractivity contribution is -0.137. The van der Waals surface area contributed by atoms with Crippen molar-refractivity contribution in [3.8, 4) is 5.75 Å². The zero-order valence-corrected chi connectivity index (χ0v) is 12.0. The first-order valence-corrected chi connectivity index (χ1v) is 6.95. The smallest absolute Gasteiger partial charge is 0.416 e. The molecular formula is C14H19F3OS. The summed E-state index contributed by atoms with van der Waals surface area (Å²) in [5, 5.41) is 0. The van der Waals surface area contributed by atoms with Crippen molar-refractivity contribution in [2.24, 2.45) is 5.92 Å². The van der Waals surface area contributed by atoms with Gasteiger partial charge in [-0.15, -0.1) is 0 Å². The van der Waals surface area contributed by atoms with E-state index in [0.717, 1.165) is 12.5 Å². The van der Waals surface area contributed by atoms with Gasteiger partial charge in [-0.2, -0.15) is 25.8 Å². The van der Waals surface area contributed by atoms with Gasteiger partial charge in [0.05, 0.1) is 12.2 Å². The molecule has 1 aromatic rings. The van der Waals surface area contributed by atoms with E-state index in [1.807, 2.05) is 13.8 Å². The summed E-state index contributed by atoms with van der Waals surface area (Å²) in [6, 6.07) is 3.67. The zero-order valence-electron chi connectivity index (χ0n) is 11.1. The fraction of sp³-hybridized carbons (Fsp3) is 0.571. The summed E-state index contributed by atoms with van der Waals surface area (Å²) in [7, 11) is 0. The highest BCUT2D eigenvalue weighted by atomic mass is 32.1. The predicted octanol–water partition coefficient (Wildman–Crippen LogP) is 4.60. The third-order valence-electron chi connectivity index (χ3n) is 2.73. The molecule has 0 saturated heterocycles. The van der Waals surface area contributed by atoms with Crippen LogP contribution in [0.15, 0.2) is 18.2 Å². The highest BCUT2D eigenvalue weighted by Gasteiger charge is 2.31. The van der Waals surface area contributed by atoms with Gasteiger partial charge in [0.15, 0.2) is 0 Å². The van der Waals surface area contributed by atoms with Crippen LogP contribution in [-0.2, 0) is 12.6 Å². The quantitative estimate of drug-likeness (QED) is 0.754. The maximum atomic E-state index is 12.7. The largest absolute Gasteiger partial charge is 0.493 e. The Balaban J connectivity index is 3.03. The van der Waals surface area contributed by atoms with Gasteiger partial charge in [-0.25, -0.2) is 0 Å². The van der Waals surface area contributed by atoms with E-state index < -0.39 is 11.7 Å². The molecule has 0 bridgehead atoms. The van der Waals surface area contributed by atoms with Crippen LogP contribution in [0.4, 0.5) is 13.2 Å². The number of hydrogen-bond donors (Lipinski definition) is 1. The molecule has 0 aromatic heterocycles. The molecule has 0 aliphatic heterocycles. The van der Waals surface area contributed by atoms with Crippen LogP contribution >= 0.6 is 12.6 Å². The summed E-state index contributed by atoms with van der Waals surface area (Å²) >= 11 is 4.17. The minimum absolute atomic E-state index is 0.204. The van der Waals surface area contributed by atoms with Crippen molar-refractivity contribution in [1.82, 2.24) is 0 Å². The molecule has 0 radical (unpaired) electrons. The normalized spacial score (nSPS) is 13.4. The molecule has 5 heteroatoms. The van der Waals surface area contributed by atoms with Crippen LogP contribution in [0.2, 0.25) is 0 Å². The van der Waals surface area contributed by atoms with Gasteiger partial charge in [-0.1, -0.05) is 13.8 Å². The van der Waals surface area contributed by atoms with E-state index in [2.05, 4.69) is 12.6 Å². The Hall–Kier alpha value is -0.840. The fourth-order valence-corrected chi connectivity index (χ4v) is 1.84. The second-order valence-corrected chi connectivity index (χ2v) is 5.03. The van der Waals surface area contributed by atoms with Gasteiger partial charge in [0, 0.05) is 0 Å². The van der Waals surface area contributed by atoms with Crippen molar-refractivity contribution in [3.05, 3.63) is 29.3 Å². The molecule has 108 valence electrons. The molecule has 1 unspecified atom stereocenters. The average molecular weight is 292 g/mol. The van der Waals surface area contributed by atoms with E-state index in [1.165, 1.54) is 12.1 Å². The van der Waals surface area contributed by atoms with Crippen LogP contribution in [-0.4, -0.2) is 12.4 Å². The summed E-state index contributed by atoms with van der Waals surface area (Å²) in [5.74, 6) is 1.38. The van der Waals surface area contributed by atoms with Crippen molar-refractivity contribution in [2.75, 3.05) is 12.4 Å². The lowest BCUT2D eigenvalue weighted by Crippen LogP contribution is -2.09. The lowest BCUT2D eigenvalue weighted by Gasteiger charge is -2.16. The first-order valence-electron chi connectivity index (χ1n) is 6.32. The monoisotopic (exact) mass is 292 g/mol. The van der Waals surface area contributed by atoms with E-state index >= 15 is 0 Å². The number of rotatable bonds is 6. The first-order chi connectivity index (χ1) is 8.88. The summed E-state index contributed by atoms with van der Waals surface area (Å²) in [6.07, 6.45) is -2.96. The van der Waals surface area contributed by atoms with Gasteiger partial charge in [0.1, 0.15) is 5.75 Å². The summed E-state index contributed by atoms with van der Waals surface area (Å²) in [4.78, 5) is 0. The van der Waals surface area contributed by atoms with E-state index in [1.54, 1.807) is 0 Å². The van der Waals surface area contributed by atoms with Gasteiger partial charge in [-0.3, -0.25) is 0 Å². The molecule has 1 aromatic carbocycles. The molecule has 0 N–H and O–H groups in total. The lowest BCUT2D eigenvalue weighted by atomic mass is 9.99. The van der Waals surface area contributed by atoms with E-state index in [4.69, 9.17) is 4.74 Å². The van der Waals surface area contributed by atoms with Crippen LogP contribution in [0.25, 0.3) is 0 Å². The van der Waals surface area contributed by atoms with E-state index in [9.17, 15) is 13.2 Å². The molecule has 0 fully saturated rings. The highest BCUT2D eigenvalue weighted by Crippen LogP contribution is 2.33. The van der Waals surface area contributed by atoms with Crippen molar-refractivity contribution in [2.45, 2.75) is 32.9 Å². The maximum absolute atomic E-state index is 12.7. The van der Waals surface area contributed by atoms with E-state index in [-0.39, 0.29) is 5.92 Å². The van der Waals surface area contributed by atoms with Crippen molar-refractivity contribution in [1.29, 1.82) is 0 Å². The number of alkyl halides is 3. The molecule has 0 heterocycles. The van der Waals surface area contributed by atoms with E-state index in [0.29, 0.717) is 30.1 Å². The molecule has 0 amide bonds. The Morgan fingerprint density at radius 2 is 2.00 bits per heavy atom. The number of thiol groups is 1. The van der Waals surface area contributed by atoms with Crippen molar-refractivity contribution >= 4 is 12.6 Å². The van der Waals surface area contributed by atoms with Gasteiger partial charge in [0.25, 0.3) is 0 Å². The molecule has 0 spiro atoms. The zero-order chi connectivity index (χ0) is 14.5. The number of ether oxygens (including phenoxy) is 1. The van der Waals surface area contributed by atoms with Crippen molar-refractivity contribution in [3.63, 3.8) is 0 Å². The molecule has 1 rings (SSSR count). The fourth-order valence-electron chi connectivity index (χ4n) is 1.71. The molecule has 0 aliphatic carbocycles. The van der Waals surface area contributed by atoms with Crippen LogP contribution in [0.5, 0.6) is 5.75 Å². The van der Waals surface area contributed by atoms with Crippen LogP contribution < -0.4 is 4.74 Å². The summed E-state index contributed by atoms with van der Waals surface area (Å²) in [6.45, 7) is 4.42. The molecule has 0 saturated carbocycles. The Kier molecular flexibility index (Phi) is 6.04.